The first-order chi connectivity index (χ1) is 28.8. The number of aliphatic carboxylic acids is 1. The zero-order chi connectivity index (χ0) is 45.6. The highest BCUT2D eigenvalue weighted by molar-refractivity contribution is 6.04. The van der Waals surface area contributed by atoms with Gasteiger partial charge >= 0.3 is 24.2 Å². The van der Waals surface area contributed by atoms with Gasteiger partial charge in [0, 0.05) is 12.5 Å². The van der Waals surface area contributed by atoms with E-state index in [1.54, 1.807) is 0 Å². The Balaban J connectivity index is 1.10. The fourth-order valence-corrected chi connectivity index (χ4v) is 13.6. The van der Waals surface area contributed by atoms with Gasteiger partial charge in [0.1, 0.15) is 17.3 Å². The predicted octanol–water partition coefficient (Wildman–Crippen LogP) is 7.75. The minimum Gasteiger partial charge on any atom is -0.481 e. The number of alkyl halides is 3. The lowest BCUT2D eigenvalue weighted by Crippen LogP contribution is -2.65. The van der Waals surface area contributed by atoms with Gasteiger partial charge in [0.25, 0.3) is 5.91 Å². The van der Waals surface area contributed by atoms with Crippen LogP contribution in [-0.4, -0.2) is 74.3 Å². The highest BCUT2D eigenvalue weighted by atomic mass is 19.4. The highest BCUT2D eigenvalue weighted by Crippen LogP contribution is 2.70. The van der Waals surface area contributed by atoms with Crippen LogP contribution in [-0.2, 0) is 34.8 Å². The number of allylic oxidation sites excluding steroid dienone is 1. The Bertz CT molecular complexity index is 2080. The van der Waals surface area contributed by atoms with Gasteiger partial charge < -0.3 is 25.2 Å². The van der Waals surface area contributed by atoms with E-state index in [0.29, 0.717) is 30.7 Å². The zero-order valence-corrected chi connectivity index (χ0v) is 37.4. The average Bonchev–Trinajstić information content (AvgIpc) is 3.75. The van der Waals surface area contributed by atoms with Crippen molar-refractivity contribution in [1.82, 2.24) is 20.4 Å². The van der Waals surface area contributed by atoms with Crippen molar-refractivity contribution in [2.75, 3.05) is 6.61 Å². The zero-order valence-electron chi connectivity index (χ0n) is 37.4. The third kappa shape index (κ3) is 7.36. The molecule has 0 bridgehead atoms. The largest absolute Gasteiger partial charge is 0.481 e. The van der Waals surface area contributed by atoms with Gasteiger partial charge in [-0.15, -0.1) is 0 Å². The number of halogens is 3. The van der Waals surface area contributed by atoms with Crippen molar-refractivity contribution in [2.24, 2.45) is 64.1 Å². The molecule has 7 rings (SSSR count). The van der Waals surface area contributed by atoms with Gasteiger partial charge in [-0.1, -0.05) is 41.5 Å². The first-order valence-electron chi connectivity index (χ1n) is 22.5. The van der Waals surface area contributed by atoms with Crippen molar-refractivity contribution in [3.63, 3.8) is 0 Å². The highest BCUT2D eigenvalue weighted by Gasteiger charge is 2.65. The third-order valence-electron chi connectivity index (χ3n) is 16.8. The number of esters is 1. The van der Waals surface area contributed by atoms with E-state index >= 15 is 0 Å². The van der Waals surface area contributed by atoms with Crippen LogP contribution in [0.3, 0.4) is 0 Å². The molecule has 12 atom stereocenters. The monoisotopic (exact) mass is 872 g/mol. The van der Waals surface area contributed by atoms with Crippen LogP contribution in [0.4, 0.5) is 18.0 Å². The lowest BCUT2D eigenvalue weighted by atomic mass is 9.38. The summed E-state index contributed by atoms with van der Waals surface area (Å²) in [6.45, 7) is 17.0. The molecule has 5 saturated carbocycles. The minimum absolute atomic E-state index is 0.00624. The Morgan fingerprint density at radius 1 is 0.952 bits per heavy atom. The van der Waals surface area contributed by atoms with Gasteiger partial charge in [-0.05, 0) is 142 Å². The number of ether oxygens (including phenoxy) is 2. The van der Waals surface area contributed by atoms with E-state index < -0.39 is 58.4 Å². The molecule has 0 aliphatic heterocycles. The topological polar surface area (TPSA) is 183 Å². The predicted molar refractivity (Wildman–Crippen MR) is 218 cm³/mol. The van der Waals surface area contributed by atoms with Crippen molar-refractivity contribution in [1.29, 1.82) is 0 Å². The summed E-state index contributed by atoms with van der Waals surface area (Å²) in [6, 6.07) is 0.438. The lowest BCUT2D eigenvalue weighted by Gasteiger charge is -2.67. The molecule has 16 heteroatoms. The van der Waals surface area contributed by atoms with Crippen LogP contribution in [0.15, 0.2) is 17.2 Å². The van der Waals surface area contributed by atoms with Gasteiger partial charge in [0.2, 0.25) is 5.91 Å². The maximum atomic E-state index is 14.4. The Morgan fingerprint density at radius 2 is 1.60 bits per heavy atom. The number of ketones is 1. The summed E-state index contributed by atoms with van der Waals surface area (Å²) in [5.41, 5.74) is -3.27. The van der Waals surface area contributed by atoms with E-state index in [2.05, 4.69) is 36.5 Å². The molecule has 2 amide bonds. The number of fused-ring (bicyclic) bond motifs is 7. The fourth-order valence-electron chi connectivity index (χ4n) is 13.6. The molecule has 5 fully saturated rings. The number of nitrogens with one attached hydrogen (secondary N) is 2. The Labute approximate surface area is 361 Å². The first kappa shape index (κ1) is 45.8. The number of amides is 2. The van der Waals surface area contributed by atoms with Crippen LogP contribution in [0.25, 0.3) is 0 Å². The van der Waals surface area contributed by atoms with Crippen molar-refractivity contribution < 1.29 is 56.5 Å². The Morgan fingerprint density at radius 3 is 2.21 bits per heavy atom. The maximum absolute atomic E-state index is 14.4. The average molecular weight is 873 g/mol. The molecule has 0 spiro atoms. The fraction of sp³-hybridized carbons (Fsp3) is 0.761. The second kappa shape index (κ2) is 15.8. The summed E-state index contributed by atoms with van der Waals surface area (Å²) in [5.74, 6) is -3.03. The summed E-state index contributed by atoms with van der Waals surface area (Å²) < 4.78 is 52.2. The minimum atomic E-state index is -4.96. The Kier molecular flexibility index (Phi) is 11.6. The molecule has 342 valence electrons. The number of hydrogen-bond acceptors (Lipinski definition) is 9. The molecule has 6 aliphatic rings. The molecule has 1 aromatic heterocycles. The second-order valence-corrected chi connectivity index (χ2v) is 20.8. The number of rotatable bonds is 9. The number of nitrogens with zero attached hydrogens (tertiary/aromatic N) is 2. The summed E-state index contributed by atoms with van der Waals surface area (Å²) >= 11 is 0. The van der Waals surface area contributed by atoms with E-state index in [1.807, 2.05) is 20.8 Å². The normalized spacial score (nSPS) is 36.7. The maximum Gasteiger partial charge on any atom is 0.435 e. The lowest BCUT2D eigenvalue weighted by molar-refractivity contribution is -0.196. The second-order valence-electron chi connectivity index (χ2n) is 20.8. The molecule has 1 aromatic rings. The number of carbonyl (C=O) groups excluding carboxylic acids is 5. The van der Waals surface area contributed by atoms with Gasteiger partial charge in [-0.3, -0.25) is 24.0 Å². The molecule has 62 heavy (non-hydrogen) atoms. The molecular formula is C46H63F3N4O9. The number of carboxylic acids is 1. The summed E-state index contributed by atoms with van der Waals surface area (Å²) in [6.07, 6.45) is 0.566. The number of hydrogen-bond donors (Lipinski definition) is 3. The number of aromatic nitrogens is 2. The van der Waals surface area contributed by atoms with Crippen molar-refractivity contribution in [3.8, 4) is 0 Å². The Hall–Kier alpha value is -4.24. The molecule has 1 heterocycles. The molecular weight excluding hydrogens is 810 g/mol. The van der Waals surface area contributed by atoms with Crippen LogP contribution < -0.4 is 10.6 Å². The van der Waals surface area contributed by atoms with E-state index in [1.165, 1.54) is 20.8 Å². The molecule has 0 radical (unpaired) electrons. The standard InChI is InChI=1S/C46H63F3N4O9/c1-10-61-41(60)53-30(20-34(52-53)46(47,48)49)37(55)50-42(6,7)40(59)51-45-18-14-29-25(36(45)35(22(2)3)31(54)21-45)11-12-33-43(8)17-15-32(24(5)28(43)13-16-44(29,33)9)62-39(58)27-19-26(23(27)4)38(56)57/h20,22-29,32-33H,10-19,21H2,1-9H3,(H,50,55)(H,51,59)(H,56,57). The number of carboxylic acid groups (broad SMARTS) is 1. The molecule has 13 nitrogen and oxygen atoms in total. The van der Waals surface area contributed by atoms with Crippen molar-refractivity contribution in [2.45, 2.75) is 150 Å². The van der Waals surface area contributed by atoms with Gasteiger partial charge in [0.15, 0.2) is 11.5 Å². The molecule has 0 saturated heterocycles. The third-order valence-corrected chi connectivity index (χ3v) is 16.8. The van der Waals surface area contributed by atoms with Crippen LogP contribution in [0.2, 0.25) is 0 Å². The van der Waals surface area contributed by atoms with Crippen LogP contribution in [0.5, 0.6) is 0 Å². The van der Waals surface area contributed by atoms with Crippen LogP contribution in [0, 0.1) is 64.1 Å². The smallest absolute Gasteiger partial charge is 0.435 e. The quantitative estimate of drug-likeness (QED) is 0.208. The van der Waals surface area contributed by atoms with Crippen LogP contribution >= 0.6 is 0 Å². The van der Waals surface area contributed by atoms with E-state index in [0.717, 1.165) is 56.1 Å². The van der Waals surface area contributed by atoms with Crippen LogP contribution in [0.1, 0.15) is 143 Å². The molecule has 3 N–H and O–H groups in total. The van der Waals surface area contributed by atoms with Gasteiger partial charge in [-0.25, -0.2) is 4.79 Å². The van der Waals surface area contributed by atoms with Gasteiger partial charge in [-0.2, -0.15) is 23.0 Å². The molecule has 6 aliphatic carbocycles. The van der Waals surface area contributed by atoms with Gasteiger partial charge in [0.05, 0.1) is 24.0 Å². The molecule has 12 unspecified atom stereocenters. The van der Waals surface area contributed by atoms with Crippen molar-refractivity contribution >= 4 is 35.6 Å². The van der Waals surface area contributed by atoms with E-state index in [9.17, 15) is 47.0 Å². The summed E-state index contributed by atoms with van der Waals surface area (Å²) in [7, 11) is 0. The number of carbonyl (C=O) groups is 6. The SMILES string of the molecule is CCOC(=O)n1nc(C(F)(F)F)cc1C(=O)NC(C)(C)C(=O)NC12CCC3C(CCC4C3(C)CCC3C(C)C(OC(=O)C5CC(C(=O)O)C5C)CCC34C)C1=C(C(C)C)C(=O)C2. The first-order valence-corrected chi connectivity index (χ1v) is 22.5. The van der Waals surface area contributed by atoms with E-state index in [4.69, 9.17) is 9.47 Å². The summed E-state index contributed by atoms with van der Waals surface area (Å²) in [5, 5.41) is 18.5. The van der Waals surface area contributed by atoms with Crippen molar-refractivity contribution in [3.05, 3.63) is 28.6 Å². The number of Topliss-reactive ketones (excluding diaryl/α,β-unsaturated/α-hetero) is 1. The summed E-state index contributed by atoms with van der Waals surface area (Å²) in [4.78, 5) is 79.4. The van der Waals surface area contributed by atoms with E-state index in [-0.39, 0.29) is 81.9 Å². The molecule has 0 aromatic carbocycles.